The average Bonchev–Trinajstić information content (AvgIpc) is 3.29. The molecule has 1 fully saturated rings. The van der Waals surface area contributed by atoms with Gasteiger partial charge in [-0.3, -0.25) is 9.59 Å². The Kier molecular flexibility index (Phi) is 6.36. The van der Waals surface area contributed by atoms with Crippen LogP contribution in [0.3, 0.4) is 0 Å². The van der Waals surface area contributed by atoms with Crippen molar-refractivity contribution >= 4 is 11.8 Å². The van der Waals surface area contributed by atoms with Gasteiger partial charge >= 0.3 is 0 Å². The van der Waals surface area contributed by atoms with Gasteiger partial charge in [0.1, 0.15) is 0 Å². The number of carbonyl (C=O) groups excluding carboxylic acids is 2. The number of hydrogen-bond acceptors (Lipinski definition) is 5. The summed E-state index contributed by atoms with van der Waals surface area (Å²) in [7, 11) is 0. The van der Waals surface area contributed by atoms with Crippen molar-refractivity contribution in [3.05, 3.63) is 59.0 Å². The maximum Gasteiger partial charge on any atom is 0.257 e. The number of fused-ring (bicyclic) bond motifs is 3. The molecular weight excluding hydrogens is 440 g/mol. The number of benzene rings is 1. The molecule has 2 aliphatic rings. The summed E-state index contributed by atoms with van der Waals surface area (Å²) in [6, 6.07) is 8.33. The Bertz CT molecular complexity index is 1260. The van der Waals surface area contributed by atoms with Crippen molar-refractivity contribution in [1.29, 1.82) is 0 Å². The molecule has 1 saturated heterocycles. The molecule has 8 nitrogen and oxygen atoms in total. The molecule has 1 atom stereocenters. The van der Waals surface area contributed by atoms with E-state index in [0.29, 0.717) is 43.4 Å². The minimum atomic E-state index is -0.146. The number of likely N-dealkylation sites (tertiary alicyclic amines) is 1. The van der Waals surface area contributed by atoms with E-state index in [-0.39, 0.29) is 17.7 Å². The molecule has 35 heavy (non-hydrogen) atoms. The summed E-state index contributed by atoms with van der Waals surface area (Å²) in [6.45, 7) is 8.34. The van der Waals surface area contributed by atoms with Gasteiger partial charge in [-0.2, -0.15) is 5.10 Å². The van der Waals surface area contributed by atoms with Crippen LogP contribution in [0.4, 0.5) is 0 Å². The third-order valence-electron chi connectivity index (χ3n) is 7.35. The van der Waals surface area contributed by atoms with E-state index in [9.17, 15) is 9.59 Å². The molecule has 1 unspecified atom stereocenters. The van der Waals surface area contributed by atoms with Gasteiger partial charge in [-0.05, 0) is 57.6 Å². The molecule has 0 saturated carbocycles. The Morgan fingerprint density at radius 3 is 2.66 bits per heavy atom. The van der Waals surface area contributed by atoms with Crippen LogP contribution < -0.4 is 0 Å². The van der Waals surface area contributed by atoms with Gasteiger partial charge in [-0.25, -0.2) is 14.6 Å². The molecule has 0 spiro atoms. The number of rotatable bonds is 5. The summed E-state index contributed by atoms with van der Waals surface area (Å²) in [4.78, 5) is 39.4. The smallest absolute Gasteiger partial charge is 0.257 e. The van der Waals surface area contributed by atoms with E-state index in [0.717, 1.165) is 42.5 Å². The van der Waals surface area contributed by atoms with E-state index >= 15 is 0 Å². The number of amides is 2. The molecule has 0 bridgehead atoms. The lowest BCUT2D eigenvalue weighted by Gasteiger charge is -2.34. The fourth-order valence-electron chi connectivity index (χ4n) is 5.30. The zero-order chi connectivity index (χ0) is 24.5. The first-order valence-electron chi connectivity index (χ1n) is 12.6. The SMILES string of the molecule is CCN(CC)C(=O)C1CCCN(C(=O)c2cnn(-c3ncc4c(n3)-c3ccccc3CC4)c2C)C1. The molecule has 2 aromatic heterocycles. The number of nitrogens with zero attached hydrogens (tertiary/aromatic N) is 6. The summed E-state index contributed by atoms with van der Waals surface area (Å²) in [5, 5.41) is 4.48. The molecule has 3 aromatic rings. The first-order chi connectivity index (χ1) is 17.0. The number of carbonyl (C=O) groups is 2. The summed E-state index contributed by atoms with van der Waals surface area (Å²) in [5.41, 5.74) is 5.73. The van der Waals surface area contributed by atoms with Crippen LogP contribution in [0.25, 0.3) is 17.2 Å². The van der Waals surface area contributed by atoms with Crippen LogP contribution in [0.5, 0.6) is 0 Å². The Morgan fingerprint density at radius 2 is 1.86 bits per heavy atom. The van der Waals surface area contributed by atoms with Gasteiger partial charge < -0.3 is 9.80 Å². The van der Waals surface area contributed by atoms with Crippen LogP contribution in [0.2, 0.25) is 0 Å². The van der Waals surface area contributed by atoms with Crippen molar-refractivity contribution in [1.82, 2.24) is 29.5 Å². The second-order valence-corrected chi connectivity index (χ2v) is 9.36. The fourth-order valence-corrected chi connectivity index (χ4v) is 5.30. The molecule has 5 rings (SSSR count). The third-order valence-corrected chi connectivity index (χ3v) is 7.35. The van der Waals surface area contributed by atoms with Gasteiger partial charge in [0.2, 0.25) is 5.91 Å². The van der Waals surface area contributed by atoms with E-state index in [1.807, 2.05) is 37.9 Å². The summed E-state index contributed by atoms with van der Waals surface area (Å²) >= 11 is 0. The van der Waals surface area contributed by atoms with Crippen molar-refractivity contribution in [3.8, 4) is 17.2 Å². The fraction of sp³-hybridized carbons (Fsp3) is 0.444. The summed E-state index contributed by atoms with van der Waals surface area (Å²) in [6.07, 6.45) is 7.02. The molecule has 8 heteroatoms. The summed E-state index contributed by atoms with van der Waals surface area (Å²) in [5.74, 6) is 0.369. The number of hydrogen-bond donors (Lipinski definition) is 0. The Morgan fingerprint density at radius 1 is 1.09 bits per heavy atom. The standard InChI is InChI=1S/C27H32N6O2/c1-4-31(5-2)25(34)21-10-8-14-32(17-21)26(35)23-16-29-33(18(23)3)27-28-15-20-13-12-19-9-6-7-11-22(19)24(20)30-27/h6-7,9,11,15-16,21H,4-5,8,10,12-14,17H2,1-3H3. The maximum atomic E-state index is 13.4. The normalized spacial score (nSPS) is 17.0. The van der Waals surface area contributed by atoms with Crippen molar-refractivity contribution < 1.29 is 9.59 Å². The van der Waals surface area contributed by atoms with Crippen LogP contribution >= 0.6 is 0 Å². The van der Waals surface area contributed by atoms with Gasteiger partial charge in [0.25, 0.3) is 11.9 Å². The Hall–Kier alpha value is -3.55. The van der Waals surface area contributed by atoms with E-state index in [2.05, 4.69) is 28.3 Å². The predicted molar refractivity (Wildman–Crippen MR) is 133 cm³/mol. The van der Waals surface area contributed by atoms with Crippen molar-refractivity contribution in [2.75, 3.05) is 26.2 Å². The molecular formula is C27H32N6O2. The molecule has 0 radical (unpaired) electrons. The lowest BCUT2D eigenvalue weighted by Crippen LogP contribution is -2.46. The van der Waals surface area contributed by atoms with Gasteiger partial charge in [0.05, 0.1) is 29.1 Å². The maximum absolute atomic E-state index is 13.4. The molecule has 1 aromatic carbocycles. The van der Waals surface area contributed by atoms with Crippen LogP contribution in [0.15, 0.2) is 36.7 Å². The zero-order valence-electron chi connectivity index (χ0n) is 20.7. The topological polar surface area (TPSA) is 84.2 Å². The van der Waals surface area contributed by atoms with E-state index < -0.39 is 0 Å². The highest BCUT2D eigenvalue weighted by Gasteiger charge is 2.32. The Labute approximate surface area is 206 Å². The Balaban J connectivity index is 1.39. The van der Waals surface area contributed by atoms with Crippen molar-refractivity contribution in [3.63, 3.8) is 0 Å². The average molecular weight is 473 g/mol. The molecule has 1 aliphatic heterocycles. The van der Waals surface area contributed by atoms with Crippen LogP contribution in [-0.4, -0.2) is 67.5 Å². The third kappa shape index (κ3) is 4.22. The van der Waals surface area contributed by atoms with Gasteiger partial charge in [-0.15, -0.1) is 0 Å². The highest BCUT2D eigenvalue weighted by atomic mass is 16.2. The van der Waals surface area contributed by atoms with E-state index in [1.54, 1.807) is 15.8 Å². The number of piperidine rings is 1. The monoisotopic (exact) mass is 472 g/mol. The van der Waals surface area contributed by atoms with E-state index in [1.165, 1.54) is 5.56 Å². The lowest BCUT2D eigenvalue weighted by molar-refractivity contribution is -0.136. The molecule has 2 amide bonds. The minimum Gasteiger partial charge on any atom is -0.343 e. The second-order valence-electron chi connectivity index (χ2n) is 9.36. The highest BCUT2D eigenvalue weighted by molar-refractivity contribution is 5.95. The quantitative estimate of drug-likeness (QED) is 0.568. The second kappa shape index (κ2) is 9.60. The highest BCUT2D eigenvalue weighted by Crippen LogP contribution is 2.32. The van der Waals surface area contributed by atoms with Gasteiger partial charge in [0, 0.05) is 37.9 Å². The van der Waals surface area contributed by atoms with E-state index in [4.69, 9.17) is 4.98 Å². The minimum absolute atomic E-state index is 0.0888. The van der Waals surface area contributed by atoms with Crippen LogP contribution in [0.1, 0.15) is 53.9 Å². The van der Waals surface area contributed by atoms with Gasteiger partial charge in [0.15, 0.2) is 0 Å². The van der Waals surface area contributed by atoms with Crippen molar-refractivity contribution in [2.24, 2.45) is 5.92 Å². The lowest BCUT2D eigenvalue weighted by atomic mass is 9.90. The molecule has 1 aliphatic carbocycles. The number of aromatic nitrogens is 4. The van der Waals surface area contributed by atoms with Crippen molar-refractivity contribution in [2.45, 2.75) is 46.5 Å². The molecule has 3 heterocycles. The first-order valence-corrected chi connectivity index (χ1v) is 12.6. The zero-order valence-corrected chi connectivity index (χ0v) is 20.7. The molecule has 182 valence electrons. The molecule has 0 N–H and O–H groups in total. The van der Waals surface area contributed by atoms with Gasteiger partial charge in [-0.1, -0.05) is 24.3 Å². The largest absolute Gasteiger partial charge is 0.343 e. The van der Waals surface area contributed by atoms with Crippen LogP contribution in [0, 0.1) is 12.8 Å². The summed E-state index contributed by atoms with van der Waals surface area (Å²) < 4.78 is 1.65. The number of aryl methyl sites for hydroxylation is 2. The van der Waals surface area contributed by atoms with Crippen LogP contribution in [-0.2, 0) is 17.6 Å². The first kappa shape index (κ1) is 23.2. The predicted octanol–water partition coefficient (Wildman–Crippen LogP) is 3.46.